The number of aliphatic carboxylic acids is 1. The lowest BCUT2D eigenvalue weighted by Crippen LogP contribution is -2.17. The van der Waals surface area contributed by atoms with Crippen LogP contribution >= 0.6 is 0 Å². The number of aryl methyl sites for hydroxylation is 3. The fraction of sp³-hybridized carbons (Fsp3) is 0.200. The average molecular weight is 527 g/mol. The Kier molecular flexibility index (Phi) is 14.9. The zero-order chi connectivity index (χ0) is 29.3. The minimum Gasteiger partial charge on any atom is -0.478 e. The molecule has 3 rings (SSSR count). The largest absolute Gasteiger partial charge is 0.478 e. The molecule has 0 atom stereocenters. The molecule has 1 aromatic carbocycles. The van der Waals surface area contributed by atoms with Crippen molar-refractivity contribution in [3.8, 4) is 0 Å². The van der Waals surface area contributed by atoms with Crippen LogP contribution in [0.25, 0.3) is 5.52 Å². The quantitative estimate of drug-likeness (QED) is 0.207. The van der Waals surface area contributed by atoms with E-state index in [0.29, 0.717) is 17.7 Å². The molecule has 0 saturated heterocycles. The van der Waals surface area contributed by atoms with Gasteiger partial charge in [0.15, 0.2) is 17.9 Å². The van der Waals surface area contributed by atoms with Crippen LogP contribution in [0, 0.1) is 20.8 Å². The Morgan fingerprint density at radius 3 is 2.18 bits per heavy atom. The predicted molar refractivity (Wildman–Crippen MR) is 140 cm³/mol. The number of aromatic nitrogens is 3. The number of anilines is 2. The van der Waals surface area contributed by atoms with Crippen molar-refractivity contribution < 1.29 is 33.9 Å². The standard InChI is InChI=1S/C17H19N5O.C4H4O3.C3H4O2.CH3NO/c1-10-5-6-11(2)14(7-10)21-16-15-12(3)13(17(23)18-4)8-22(15)20-9-19-16;5-3-1-2-4(6)7;1-3(5)2-4;2-1-3/h5-9H,1-4H3,(H,18,23)(H,19,20,21);1-3H,(H,6,7);2H,1H3;1H,(H2,2,3). The molecule has 13 heteroatoms. The van der Waals surface area contributed by atoms with Crippen molar-refractivity contribution in [1.29, 1.82) is 0 Å². The first-order valence-corrected chi connectivity index (χ1v) is 10.8. The highest BCUT2D eigenvalue weighted by molar-refractivity contribution is 6.23. The number of carbonyl (C=O) groups is 6. The van der Waals surface area contributed by atoms with Crippen LogP contribution in [0.1, 0.15) is 34.0 Å². The van der Waals surface area contributed by atoms with Gasteiger partial charge >= 0.3 is 5.97 Å². The third kappa shape index (κ3) is 11.0. The summed E-state index contributed by atoms with van der Waals surface area (Å²) in [7, 11) is 1.62. The van der Waals surface area contributed by atoms with Gasteiger partial charge in [-0.15, -0.1) is 0 Å². The number of nitrogens with one attached hydrogen (secondary N) is 2. The second kappa shape index (κ2) is 17.3. The van der Waals surface area contributed by atoms with E-state index in [0.717, 1.165) is 34.5 Å². The first-order chi connectivity index (χ1) is 18.0. The molecule has 0 bridgehead atoms. The normalized spacial score (nSPS) is 9.39. The summed E-state index contributed by atoms with van der Waals surface area (Å²) in [6.45, 7) is 7.21. The van der Waals surface area contributed by atoms with Crippen LogP contribution in [0.3, 0.4) is 0 Å². The van der Waals surface area contributed by atoms with Gasteiger partial charge in [0.25, 0.3) is 5.91 Å². The summed E-state index contributed by atoms with van der Waals surface area (Å²) in [4.78, 5) is 62.4. The van der Waals surface area contributed by atoms with Crippen LogP contribution in [0.15, 0.2) is 42.9 Å². The highest BCUT2D eigenvalue weighted by atomic mass is 16.4. The molecule has 0 spiro atoms. The van der Waals surface area contributed by atoms with E-state index in [1.807, 2.05) is 20.8 Å². The molecule has 0 fully saturated rings. The molecule has 2 heterocycles. The lowest BCUT2D eigenvalue weighted by molar-refractivity contribution is -0.131. The van der Waals surface area contributed by atoms with Crippen molar-refractivity contribution in [2.75, 3.05) is 12.4 Å². The number of Topliss-reactive ketones (excluding diaryl/α,β-unsaturated/α-hetero) is 1. The number of hydrogen-bond acceptors (Lipinski definition) is 9. The minimum absolute atomic E-state index is 0.134. The molecule has 0 aliphatic heterocycles. The first kappa shape index (κ1) is 32.8. The number of carboxylic acid groups (broad SMARTS) is 1. The number of ketones is 1. The number of primary amides is 1. The monoisotopic (exact) mass is 526 g/mol. The number of carboxylic acids is 1. The predicted octanol–water partition coefficient (Wildman–Crippen LogP) is 1.46. The molecule has 0 unspecified atom stereocenters. The van der Waals surface area contributed by atoms with Crippen molar-refractivity contribution in [1.82, 2.24) is 19.9 Å². The summed E-state index contributed by atoms with van der Waals surface area (Å²) in [5.41, 5.74) is 9.69. The number of fused-ring (bicyclic) bond motifs is 1. The Balaban J connectivity index is 0.000000754. The SMILES string of the molecule is CC(=O)C=O.CNC(=O)c1cn2ncnc(Nc3cc(C)ccc3C)c2c1C.NC=O.O=CC=CC(=O)O. The molecule has 2 aromatic heterocycles. The van der Waals surface area contributed by atoms with Gasteiger partial charge in [-0.05, 0) is 49.6 Å². The Labute approximate surface area is 218 Å². The highest BCUT2D eigenvalue weighted by Gasteiger charge is 2.17. The maximum atomic E-state index is 12.0. The highest BCUT2D eigenvalue weighted by Crippen LogP contribution is 2.27. The summed E-state index contributed by atoms with van der Waals surface area (Å²) in [5, 5.41) is 18.0. The van der Waals surface area contributed by atoms with Gasteiger partial charge in [-0.1, -0.05) is 12.1 Å². The van der Waals surface area contributed by atoms with Crippen LogP contribution < -0.4 is 16.4 Å². The van der Waals surface area contributed by atoms with Crippen molar-refractivity contribution in [3.63, 3.8) is 0 Å². The van der Waals surface area contributed by atoms with Gasteiger partial charge in [0.2, 0.25) is 6.41 Å². The molecule has 0 radical (unpaired) electrons. The van der Waals surface area contributed by atoms with E-state index in [2.05, 4.69) is 44.6 Å². The summed E-state index contributed by atoms with van der Waals surface area (Å²) >= 11 is 0. The number of nitrogens with zero attached hydrogens (tertiary/aromatic N) is 3. The number of allylic oxidation sites excluding steroid dienone is 1. The fourth-order valence-electron chi connectivity index (χ4n) is 2.74. The molecule has 0 aliphatic rings. The number of amides is 2. The van der Waals surface area contributed by atoms with E-state index < -0.39 is 11.8 Å². The van der Waals surface area contributed by atoms with E-state index >= 15 is 0 Å². The molecule has 5 N–H and O–H groups in total. The Hall–Kier alpha value is -5.20. The van der Waals surface area contributed by atoms with Crippen LogP contribution in [-0.4, -0.2) is 63.4 Å². The van der Waals surface area contributed by atoms with E-state index in [4.69, 9.17) is 14.7 Å². The van der Waals surface area contributed by atoms with E-state index in [-0.39, 0.29) is 18.6 Å². The number of rotatable bonds is 6. The molecule has 38 heavy (non-hydrogen) atoms. The van der Waals surface area contributed by atoms with Crippen LogP contribution in [-0.2, 0) is 24.0 Å². The van der Waals surface area contributed by atoms with Gasteiger partial charge in [-0.25, -0.2) is 14.3 Å². The van der Waals surface area contributed by atoms with Gasteiger partial charge in [0.1, 0.15) is 18.1 Å². The molecule has 13 nitrogen and oxygen atoms in total. The molecular weight excluding hydrogens is 496 g/mol. The molecule has 2 amide bonds. The van der Waals surface area contributed by atoms with Gasteiger partial charge in [0.05, 0.1) is 5.56 Å². The second-order valence-electron chi connectivity index (χ2n) is 7.29. The maximum absolute atomic E-state index is 12.0. The third-order valence-corrected chi connectivity index (χ3v) is 4.43. The topological polar surface area (TPSA) is 203 Å². The van der Waals surface area contributed by atoms with Crippen molar-refractivity contribution in [2.24, 2.45) is 5.73 Å². The molecule has 202 valence electrons. The van der Waals surface area contributed by atoms with Crippen molar-refractivity contribution >= 4 is 53.7 Å². The third-order valence-electron chi connectivity index (χ3n) is 4.43. The van der Waals surface area contributed by atoms with Crippen molar-refractivity contribution in [3.05, 3.63) is 65.1 Å². The maximum Gasteiger partial charge on any atom is 0.328 e. The zero-order valence-electron chi connectivity index (χ0n) is 21.6. The first-order valence-electron chi connectivity index (χ1n) is 10.8. The summed E-state index contributed by atoms with van der Waals surface area (Å²) < 4.78 is 1.68. The number of aldehydes is 2. The van der Waals surface area contributed by atoms with Gasteiger partial charge in [-0.3, -0.25) is 24.0 Å². The summed E-state index contributed by atoms with van der Waals surface area (Å²) in [5.74, 6) is -0.982. The van der Waals surface area contributed by atoms with Gasteiger partial charge in [0, 0.05) is 31.9 Å². The fourth-order valence-corrected chi connectivity index (χ4v) is 2.74. The Morgan fingerprint density at radius 2 is 1.71 bits per heavy atom. The minimum atomic E-state index is -1.10. The molecule has 0 aliphatic carbocycles. The smallest absolute Gasteiger partial charge is 0.328 e. The lowest BCUT2D eigenvalue weighted by atomic mass is 10.1. The second-order valence-corrected chi connectivity index (χ2v) is 7.29. The number of benzene rings is 1. The van der Waals surface area contributed by atoms with Gasteiger partial charge in [-0.2, -0.15) is 5.10 Å². The van der Waals surface area contributed by atoms with Gasteiger partial charge < -0.3 is 21.5 Å². The Morgan fingerprint density at radius 1 is 1.11 bits per heavy atom. The van der Waals surface area contributed by atoms with E-state index in [1.54, 1.807) is 17.8 Å². The van der Waals surface area contributed by atoms with E-state index in [9.17, 15) is 19.2 Å². The number of nitrogens with two attached hydrogens (primary N) is 1. The van der Waals surface area contributed by atoms with E-state index in [1.165, 1.54) is 18.8 Å². The summed E-state index contributed by atoms with van der Waals surface area (Å²) in [6.07, 6.45) is 5.83. The summed E-state index contributed by atoms with van der Waals surface area (Å²) in [6, 6.07) is 6.21. The van der Waals surface area contributed by atoms with Crippen LogP contribution in [0.2, 0.25) is 0 Å². The Bertz CT molecular complexity index is 1320. The van der Waals surface area contributed by atoms with Crippen molar-refractivity contribution in [2.45, 2.75) is 27.7 Å². The van der Waals surface area contributed by atoms with Crippen LogP contribution in [0.4, 0.5) is 11.5 Å². The number of hydrogen-bond donors (Lipinski definition) is 4. The lowest BCUT2D eigenvalue weighted by Gasteiger charge is -2.11. The van der Waals surface area contributed by atoms with Crippen LogP contribution in [0.5, 0.6) is 0 Å². The zero-order valence-corrected chi connectivity index (χ0v) is 21.6. The number of carbonyl (C=O) groups excluding carboxylic acids is 5. The molecule has 3 aromatic rings. The molecular formula is C25H30N6O7. The average Bonchev–Trinajstić information content (AvgIpc) is 3.23. The molecule has 0 saturated carbocycles.